The van der Waals surface area contributed by atoms with Gasteiger partial charge in [-0.15, -0.1) is 0 Å². The van der Waals surface area contributed by atoms with Crippen molar-refractivity contribution in [1.29, 1.82) is 0 Å². The molecule has 0 saturated carbocycles. The molecule has 18 heavy (non-hydrogen) atoms. The van der Waals surface area contributed by atoms with Crippen molar-refractivity contribution in [3.63, 3.8) is 0 Å². The number of rotatable bonds is 6. The number of benzene rings is 1. The van der Waals surface area contributed by atoms with Crippen molar-refractivity contribution in [3.05, 3.63) is 23.8 Å². The van der Waals surface area contributed by atoms with Gasteiger partial charge in [-0.2, -0.15) is 0 Å². The Morgan fingerprint density at radius 2 is 2.22 bits per heavy atom. The van der Waals surface area contributed by atoms with Gasteiger partial charge < -0.3 is 16.2 Å². The molecule has 0 fully saturated rings. The summed E-state index contributed by atoms with van der Waals surface area (Å²) in [4.78, 5) is 10.8. The molecule has 0 spiro atoms. The van der Waals surface area contributed by atoms with Crippen molar-refractivity contribution in [2.75, 3.05) is 23.1 Å². The van der Waals surface area contributed by atoms with E-state index in [4.69, 9.17) is 10.8 Å². The molecule has 0 aliphatic heterocycles. The Labute approximate surface area is 109 Å². The number of nitrogens with two attached hydrogens (primary N) is 1. The average molecular weight is 270 g/mol. The van der Waals surface area contributed by atoms with E-state index in [2.05, 4.69) is 5.32 Å². The molecular weight excluding hydrogens is 252 g/mol. The van der Waals surface area contributed by atoms with Gasteiger partial charge in [0.2, 0.25) is 0 Å². The second-order valence-corrected chi connectivity index (χ2v) is 5.77. The highest BCUT2D eigenvalue weighted by Gasteiger charge is 2.09. The van der Waals surface area contributed by atoms with Gasteiger partial charge in [-0.1, -0.05) is 0 Å². The van der Waals surface area contributed by atoms with Crippen molar-refractivity contribution < 1.29 is 14.1 Å². The first-order valence-electron chi connectivity index (χ1n) is 5.59. The Morgan fingerprint density at radius 3 is 2.72 bits per heavy atom. The lowest BCUT2D eigenvalue weighted by atomic mass is 10.1. The van der Waals surface area contributed by atoms with E-state index in [1.165, 1.54) is 6.07 Å². The lowest BCUT2D eigenvalue weighted by molar-refractivity contribution is 0.0698. The molecule has 0 bridgehead atoms. The van der Waals surface area contributed by atoms with Crippen LogP contribution < -0.4 is 11.1 Å². The Morgan fingerprint density at radius 1 is 1.56 bits per heavy atom. The Balaban J connectivity index is 2.65. The van der Waals surface area contributed by atoms with Gasteiger partial charge in [0.1, 0.15) is 0 Å². The molecule has 1 aromatic carbocycles. The lowest BCUT2D eigenvalue weighted by Gasteiger charge is -2.15. The number of hydrogen-bond donors (Lipinski definition) is 3. The first-order valence-corrected chi connectivity index (χ1v) is 7.32. The monoisotopic (exact) mass is 270 g/mol. The summed E-state index contributed by atoms with van der Waals surface area (Å²) in [7, 11) is -0.801. The van der Waals surface area contributed by atoms with Gasteiger partial charge in [0.05, 0.1) is 5.56 Å². The van der Waals surface area contributed by atoms with Gasteiger partial charge in [0.15, 0.2) is 0 Å². The standard InChI is InChI=1S/C12H18N2O3S/c1-8(5-6-18(2)17)14-9-3-4-10(12(15)16)11(13)7-9/h3-4,7-8,14H,5-6,13H2,1-2H3,(H,15,16). The molecule has 1 aromatic rings. The number of aromatic carboxylic acids is 1. The van der Waals surface area contributed by atoms with Gasteiger partial charge in [0, 0.05) is 40.2 Å². The van der Waals surface area contributed by atoms with Crippen LogP contribution in [0.4, 0.5) is 11.4 Å². The van der Waals surface area contributed by atoms with E-state index in [1.54, 1.807) is 18.4 Å². The summed E-state index contributed by atoms with van der Waals surface area (Å²) >= 11 is 0. The fourth-order valence-corrected chi connectivity index (χ4v) is 2.23. The molecule has 4 N–H and O–H groups in total. The van der Waals surface area contributed by atoms with Crippen LogP contribution in [0.25, 0.3) is 0 Å². The minimum absolute atomic E-state index is 0.0999. The number of nitrogens with one attached hydrogen (secondary N) is 1. The summed E-state index contributed by atoms with van der Waals surface area (Å²) in [5.74, 6) is -0.398. The van der Waals surface area contributed by atoms with Crippen molar-refractivity contribution in [2.24, 2.45) is 0 Å². The average Bonchev–Trinajstić information content (AvgIpc) is 2.26. The molecule has 0 aromatic heterocycles. The fourth-order valence-electron chi connectivity index (χ4n) is 1.55. The summed E-state index contributed by atoms with van der Waals surface area (Å²) in [6.45, 7) is 1.98. The number of carbonyl (C=O) groups is 1. The molecule has 0 heterocycles. The van der Waals surface area contributed by atoms with Gasteiger partial charge in [-0.3, -0.25) is 4.21 Å². The zero-order valence-corrected chi connectivity index (χ0v) is 11.3. The smallest absolute Gasteiger partial charge is 0.337 e. The van der Waals surface area contributed by atoms with Crippen LogP contribution in [0.3, 0.4) is 0 Å². The van der Waals surface area contributed by atoms with Crippen molar-refractivity contribution >= 4 is 28.1 Å². The molecule has 2 unspecified atom stereocenters. The van der Waals surface area contributed by atoms with Gasteiger partial charge in [0.25, 0.3) is 0 Å². The molecular formula is C12H18N2O3S. The molecule has 0 aliphatic rings. The summed E-state index contributed by atoms with van der Waals surface area (Å²) in [6.07, 6.45) is 2.45. The van der Waals surface area contributed by atoms with Crippen molar-refractivity contribution in [2.45, 2.75) is 19.4 Å². The summed E-state index contributed by atoms with van der Waals surface area (Å²) in [5, 5.41) is 12.0. The molecule has 0 amide bonds. The van der Waals surface area contributed by atoms with Crippen LogP contribution in [0, 0.1) is 0 Å². The van der Waals surface area contributed by atoms with Crippen LogP contribution in [0.1, 0.15) is 23.7 Å². The molecule has 5 nitrogen and oxygen atoms in total. The number of hydrogen-bond acceptors (Lipinski definition) is 4. The SMILES string of the molecule is CC(CCS(C)=O)Nc1ccc(C(=O)O)c(N)c1. The van der Waals surface area contributed by atoms with E-state index in [1.807, 2.05) is 6.92 Å². The second kappa shape index (κ2) is 6.39. The highest BCUT2D eigenvalue weighted by molar-refractivity contribution is 7.84. The number of nitrogen functional groups attached to an aromatic ring is 1. The topological polar surface area (TPSA) is 92.4 Å². The Bertz CT molecular complexity index is 463. The maximum Gasteiger partial charge on any atom is 0.337 e. The van der Waals surface area contributed by atoms with E-state index in [0.29, 0.717) is 5.75 Å². The van der Waals surface area contributed by atoms with Crippen molar-refractivity contribution in [3.8, 4) is 0 Å². The first-order chi connectivity index (χ1) is 8.40. The number of carboxylic acids is 1. The zero-order valence-electron chi connectivity index (χ0n) is 10.5. The summed E-state index contributed by atoms with van der Waals surface area (Å²) < 4.78 is 11.0. The Hall–Kier alpha value is -1.56. The normalized spacial score (nSPS) is 13.9. The van der Waals surface area contributed by atoms with Gasteiger partial charge in [-0.05, 0) is 31.5 Å². The maximum atomic E-state index is 11.0. The van der Waals surface area contributed by atoms with E-state index in [-0.39, 0.29) is 17.3 Å². The fraction of sp³-hybridized carbons (Fsp3) is 0.417. The van der Waals surface area contributed by atoms with Crippen LogP contribution >= 0.6 is 0 Å². The minimum Gasteiger partial charge on any atom is -0.478 e. The predicted molar refractivity (Wildman–Crippen MR) is 74.4 cm³/mol. The zero-order chi connectivity index (χ0) is 13.7. The summed E-state index contributed by atoms with van der Waals surface area (Å²) in [5.41, 5.74) is 6.76. The van der Waals surface area contributed by atoms with Crippen LogP contribution in [0.15, 0.2) is 18.2 Å². The minimum atomic E-state index is -1.03. The number of anilines is 2. The lowest BCUT2D eigenvalue weighted by Crippen LogP contribution is -2.18. The third-order valence-electron chi connectivity index (χ3n) is 2.53. The second-order valence-electron chi connectivity index (χ2n) is 4.22. The highest BCUT2D eigenvalue weighted by atomic mass is 32.2. The van der Waals surface area contributed by atoms with Gasteiger partial charge in [-0.25, -0.2) is 4.79 Å². The predicted octanol–water partition coefficient (Wildman–Crippen LogP) is 1.54. The highest BCUT2D eigenvalue weighted by Crippen LogP contribution is 2.19. The Kier molecular flexibility index (Phi) is 5.15. The third kappa shape index (κ3) is 4.37. The number of carboxylic acid groups (broad SMARTS) is 1. The molecule has 0 radical (unpaired) electrons. The first kappa shape index (κ1) is 14.5. The molecule has 1 rings (SSSR count). The molecule has 2 atom stereocenters. The summed E-state index contributed by atoms with van der Waals surface area (Å²) in [6, 6.07) is 4.91. The molecule has 0 aliphatic carbocycles. The molecule has 6 heteroatoms. The van der Waals surface area contributed by atoms with Crippen molar-refractivity contribution in [1.82, 2.24) is 0 Å². The van der Waals surface area contributed by atoms with Crippen LogP contribution in [0.5, 0.6) is 0 Å². The van der Waals surface area contributed by atoms with E-state index < -0.39 is 16.8 Å². The molecule has 100 valence electrons. The largest absolute Gasteiger partial charge is 0.478 e. The van der Waals surface area contributed by atoms with Crippen LogP contribution in [-0.2, 0) is 10.8 Å². The van der Waals surface area contributed by atoms with E-state index >= 15 is 0 Å². The van der Waals surface area contributed by atoms with E-state index in [9.17, 15) is 9.00 Å². The van der Waals surface area contributed by atoms with E-state index in [0.717, 1.165) is 12.1 Å². The molecule has 0 saturated heterocycles. The van der Waals surface area contributed by atoms with Crippen LogP contribution in [0.2, 0.25) is 0 Å². The third-order valence-corrected chi connectivity index (χ3v) is 3.34. The van der Waals surface area contributed by atoms with Gasteiger partial charge >= 0.3 is 5.97 Å². The van der Waals surface area contributed by atoms with Crippen LogP contribution in [-0.4, -0.2) is 33.3 Å². The quantitative estimate of drug-likeness (QED) is 0.682. The maximum absolute atomic E-state index is 11.0.